The van der Waals surface area contributed by atoms with Gasteiger partial charge in [-0.25, -0.2) is 9.97 Å². The van der Waals surface area contributed by atoms with Gasteiger partial charge in [-0.1, -0.05) is 30.7 Å². The SMILES string of the molecule is C=C(C)CN(C)c1nc(C)nc(Cl)c1CC. The summed E-state index contributed by atoms with van der Waals surface area (Å²) in [5, 5.41) is 0.554. The zero-order chi connectivity index (χ0) is 12.3. The highest BCUT2D eigenvalue weighted by Crippen LogP contribution is 2.24. The first-order chi connectivity index (χ1) is 7.45. The monoisotopic (exact) mass is 239 g/mol. The van der Waals surface area contributed by atoms with Crippen molar-refractivity contribution in [1.29, 1.82) is 0 Å². The molecule has 0 spiro atoms. The van der Waals surface area contributed by atoms with E-state index in [1.165, 1.54) is 0 Å². The zero-order valence-electron chi connectivity index (χ0n) is 10.3. The zero-order valence-corrected chi connectivity index (χ0v) is 11.1. The van der Waals surface area contributed by atoms with E-state index in [-0.39, 0.29) is 0 Å². The Labute approximate surface area is 102 Å². The molecule has 1 aromatic rings. The summed E-state index contributed by atoms with van der Waals surface area (Å²) in [6.07, 6.45) is 0.828. The standard InChI is InChI=1S/C12H18ClN3/c1-6-10-11(13)14-9(4)15-12(10)16(5)7-8(2)3/h2,6-7H2,1,3-5H3. The van der Waals surface area contributed by atoms with Crippen LogP contribution in [0, 0.1) is 6.92 Å². The second kappa shape index (κ2) is 5.30. The molecule has 0 amide bonds. The van der Waals surface area contributed by atoms with E-state index in [2.05, 4.69) is 28.4 Å². The summed E-state index contributed by atoms with van der Waals surface area (Å²) in [7, 11) is 1.99. The fourth-order valence-corrected chi connectivity index (χ4v) is 1.99. The van der Waals surface area contributed by atoms with Gasteiger partial charge in [0.05, 0.1) is 0 Å². The van der Waals surface area contributed by atoms with Crippen molar-refractivity contribution in [1.82, 2.24) is 9.97 Å². The average molecular weight is 240 g/mol. The minimum atomic E-state index is 0.554. The highest BCUT2D eigenvalue weighted by molar-refractivity contribution is 6.30. The van der Waals surface area contributed by atoms with Gasteiger partial charge in [-0.2, -0.15) is 0 Å². The summed E-state index contributed by atoms with van der Waals surface area (Å²) in [5.74, 6) is 1.61. The molecule has 3 nitrogen and oxygen atoms in total. The molecule has 0 aromatic carbocycles. The molecule has 0 saturated carbocycles. The van der Waals surface area contributed by atoms with E-state index < -0.39 is 0 Å². The lowest BCUT2D eigenvalue weighted by Crippen LogP contribution is -2.22. The van der Waals surface area contributed by atoms with Gasteiger partial charge < -0.3 is 4.90 Å². The molecule has 1 aromatic heterocycles. The Hall–Kier alpha value is -1.09. The number of nitrogens with zero attached hydrogens (tertiary/aromatic N) is 3. The van der Waals surface area contributed by atoms with Crippen LogP contribution in [0.15, 0.2) is 12.2 Å². The Morgan fingerprint density at radius 2 is 2.06 bits per heavy atom. The van der Waals surface area contributed by atoms with Crippen molar-refractivity contribution in [2.75, 3.05) is 18.5 Å². The van der Waals surface area contributed by atoms with E-state index in [4.69, 9.17) is 11.6 Å². The van der Waals surface area contributed by atoms with Gasteiger partial charge in [-0.3, -0.25) is 0 Å². The van der Waals surface area contributed by atoms with E-state index in [9.17, 15) is 0 Å². The maximum atomic E-state index is 6.12. The van der Waals surface area contributed by atoms with Crippen molar-refractivity contribution >= 4 is 17.4 Å². The van der Waals surface area contributed by atoms with Crippen LogP contribution in [0.25, 0.3) is 0 Å². The minimum absolute atomic E-state index is 0.554. The van der Waals surface area contributed by atoms with Crippen molar-refractivity contribution in [3.63, 3.8) is 0 Å². The first-order valence-corrected chi connectivity index (χ1v) is 5.72. The molecule has 0 fully saturated rings. The summed E-state index contributed by atoms with van der Waals surface area (Å²) < 4.78 is 0. The van der Waals surface area contributed by atoms with Gasteiger partial charge in [-0.15, -0.1) is 0 Å². The number of hydrogen-bond acceptors (Lipinski definition) is 3. The van der Waals surface area contributed by atoms with Crippen LogP contribution in [-0.2, 0) is 6.42 Å². The van der Waals surface area contributed by atoms with Crippen molar-refractivity contribution in [3.8, 4) is 0 Å². The molecule has 0 aliphatic rings. The Bertz CT molecular complexity index is 401. The molecule has 0 unspecified atom stereocenters. The first-order valence-electron chi connectivity index (χ1n) is 5.34. The fraction of sp³-hybridized carbons (Fsp3) is 0.500. The van der Waals surface area contributed by atoms with Crippen LogP contribution in [0.2, 0.25) is 5.15 Å². The molecule has 0 radical (unpaired) electrons. The quantitative estimate of drug-likeness (QED) is 0.598. The van der Waals surface area contributed by atoms with E-state index >= 15 is 0 Å². The molecule has 4 heteroatoms. The second-order valence-corrected chi connectivity index (χ2v) is 4.39. The number of anilines is 1. The van der Waals surface area contributed by atoms with Gasteiger partial charge in [0.25, 0.3) is 0 Å². The number of aromatic nitrogens is 2. The molecule has 0 atom stereocenters. The Kier molecular flexibility index (Phi) is 4.30. The number of hydrogen-bond donors (Lipinski definition) is 0. The van der Waals surface area contributed by atoms with Gasteiger partial charge in [-0.05, 0) is 20.3 Å². The third kappa shape index (κ3) is 2.95. The number of rotatable bonds is 4. The highest BCUT2D eigenvalue weighted by atomic mass is 35.5. The minimum Gasteiger partial charge on any atom is -0.355 e. The first kappa shape index (κ1) is 13.0. The van der Waals surface area contributed by atoms with E-state index in [0.29, 0.717) is 11.0 Å². The lowest BCUT2D eigenvalue weighted by molar-refractivity contribution is 0.894. The topological polar surface area (TPSA) is 29.0 Å². The van der Waals surface area contributed by atoms with E-state index in [1.807, 2.05) is 20.9 Å². The van der Waals surface area contributed by atoms with Crippen LogP contribution in [0.3, 0.4) is 0 Å². The number of halogens is 1. The summed E-state index contributed by atoms with van der Waals surface area (Å²) in [6.45, 7) is 10.6. The maximum Gasteiger partial charge on any atom is 0.138 e. The fourth-order valence-electron chi connectivity index (χ4n) is 1.65. The van der Waals surface area contributed by atoms with Crippen molar-refractivity contribution in [3.05, 3.63) is 28.7 Å². The van der Waals surface area contributed by atoms with Crippen LogP contribution >= 0.6 is 11.6 Å². The van der Waals surface area contributed by atoms with Gasteiger partial charge in [0.15, 0.2) is 0 Å². The Balaban J connectivity index is 3.15. The Morgan fingerprint density at radius 3 is 2.56 bits per heavy atom. The van der Waals surface area contributed by atoms with Gasteiger partial charge >= 0.3 is 0 Å². The average Bonchev–Trinajstić information content (AvgIpc) is 2.15. The molecular weight excluding hydrogens is 222 g/mol. The molecule has 0 aliphatic heterocycles. The van der Waals surface area contributed by atoms with Crippen molar-refractivity contribution in [2.24, 2.45) is 0 Å². The van der Waals surface area contributed by atoms with Crippen LogP contribution in [0.4, 0.5) is 5.82 Å². The number of likely N-dealkylation sites (N-methyl/N-ethyl adjacent to an activating group) is 1. The molecule has 0 bridgehead atoms. The normalized spacial score (nSPS) is 10.3. The van der Waals surface area contributed by atoms with E-state index in [0.717, 1.165) is 29.9 Å². The second-order valence-electron chi connectivity index (χ2n) is 4.03. The Morgan fingerprint density at radius 1 is 1.44 bits per heavy atom. The highest BCUT2D eigenvalue weighted by Gasteiger charge is 2.13. The third-order valence-electron chi connectivity index (χ3n) is 2.27. The third-order valence-corrected chi connectivity index (χ3v) is 2.58. The van der Waals surface area contributed by atoms with Gasteiger partial charge in [0.2, 0.25) is 0 Å². The summed E-state index contributed by atoms with van der Waals surface area (Å²) in [6, 6.07) is 0. The molecule has 0 aliphatic carbocycles. The largest absolute Gasteiger partial charge is 0.355 e. The van der Waals surface area contributed by atoms with Gasteiger partial charge in [0.1, 0.15) is 16.8 Å². The molecule has 16 heavy (non-hydrogen) atoms. The predicted molar refractivity (Wildman–Crippen MR) is 69.2 cm³/mol. The van der Waals surface area contributed by atoms with Crippen LogP contribution in [-0.4, -0.2) is 23.6 Å². The molecular formula is C12H18ClN3. The molecule has 88 valence electrons. The lowest BCUT2D eigenvalue weighted by atomic mass is 10.2. The van der Waals surface area contributed by atoms with Gasteiger partial charge in [0, 0.05) is 19.2 Å². The van der Waals surface area contributed by atoms with Crippen LogP contribution in [0.5, 0.6) is 0 Å². The van der Waals surface area contributed by atoms with E-state index in [1.54, 1.807) is 0 Å². The van der Waals surface area contributed by atoms with Crippen LogP contribution in [0.1, 0.15) is 25.2 Å². The summed E-state index contributed by atoms with van der Waals surface area (Å²) in [5.41, 5.74) is 2.09. The maximum absolute atomic E-state index is 6.12. The van der Waals surface area contributed by atoms with Crippen LogP contribution < -0.4 is 4.90 Å². The predicted octanol–water partition coefficient (Wildman–Crippen LogP) is 3.01. The molecule has 0 saturated heterocycles. The van der Waals surface area contributed by atoms with Crippen molar-refractivity contribution < 1.29 is 0 Å². The summed E-state index contributed by atoms with van der Waals surface area (Å²) >= 11 is 6.12. The molecule has 0 N–H and O–H groups in total. The molecule has 1 heterocycles. The van der Waals surface area contributed by atoms with Crippen molar-refractivity contribution in [2.45, 2.75) is 27.2 Å². The lowest BCUT2D eigenvalue weighted by Gasteiger charge is -2.21. The smallest absolute Gasteiger partial charge is 0.138 e. The molecule has 1 rings (SSSR count). The summed E-state index contributed by atoms with van der Waals surface area (Å²) in [4.78, 5) is 10.7. The number of aryl methyl sites for hydroxylation is 1.